The van der Waals surface area contributed by atoms with Gasteiger partial charge in [0.25, 0.3) is 0 Å². The molecule has 0 rings (SSSR count). The van der Waals surface area contributed by atoms with E-state index in [0.29, 0.717) is 0 Å². The minimum atomic E-state index is 0.873. The van der Waals surface area contributed by atoms with Crippen LogP contribution in [0.25, 0.3) is 0 Å². The van der Waals surface area contributed by atoms with E-state index in [1.807, 2.05) is 0 Å². The van der Waals surface area contributed by atoms with Crippen molar-refractivity contribution >= 4 is 0 Å². The maximum absolute atomic E-state index is 5.52. The lowest BCUT2D eigenvalue weighted by Gasteiger charge is -2.14. The standard InChI is InChI=1S/C24H51N/c1-3-20-24(21-4-2)22-18-16-14-12-10-8-6-5-7-9-11-13-15-17-19-23-25/h24H,3-23,25H2,1-2H3. The molecule has 0 aliphatic heterocycles. The zero-order valence-electron chi connectivity index (χ0n) is 18.0. The Hall–Kier alpha value is -0.0400. The maximum Gasteiger partial charge on any atom is -0.00773 e. The normalized spacial score (nSPS) is 11.5. The van der Waals surface area contributed by atoms with E-state index >= 15 is 0 Å². The van der Waals surface area contributed by atoms with Gasteiger partial charge in [0.05, 0.1) is 0 Å². The van der Waals surface area contributed by atoms with Crippen LogP contribution in [0.2, 0.25) is 0 Å². The van der Waals surface area contributed by atoms with Crippen molar-refractivity contribution in [3.05, 3.63) is 0 Å². The first kappa shape index (κ1) is 25.0. The Bertz CT molecular complexity index is 220. The van der Waals surface area contributed by atoms with Crippen molar-refractivity contribution in [2.75, 3.05) is 6.54 Å². The van der Waals surface area contributed by atoms with Crippen LogP contribution in [-0.2, 0) is 0 Å². The molecule has 0 saturated heterocycles. The summed E-state index contributed by atoms with van der Waals surface area (Å²) in [6.07, 6.45) is 28.7. The van der Waals surface area contributed by atoms with Gasteiger partial charge in [-0.15, -0.1) is 0 Å². The van der Waals surface area contributed by atoms with Crippen molar-refractivity contribution < 1.29 is 0 Å². The van der Waals surface area contributed by atoms with Gasteiger partial charge in [-0.1, -0.05) is 136 Å². The Balaban J connectivity index is 3.13. The Morgan fingerprint density at radius 3 is 1.08 bits per heavy atom. The van der Waals surface area contributed by atoms with Gasteiger partial charge in [-0.25, -0.2) is 0 Å². The molecule has 0 spiro atoms. The summed E-state index contributed by atoms with van der Waals surface area (Å²) in [6.45, 7) is 5.55. The van der Waals surface area contributed by atoms with E-state index in [9.17, 15) is 0 Å². The van der Waals surface area contributed by atoms with Gasteiger partial charge in [0.15, 0.2) is 0 Å². The number of nitrogens with two attached hydrogens (primary N) is 1. The van der Waals surface area contributed by atoms with E-state index in [4.69, 9.17) is 5.73 Å². The molecular formula is C24H51N. The number of hydrogen-bond donors (Lipinski definition) is 1. The van der Waals surface area contributed by atoms with E-state index in [1.165, 1.54) is 128 Å². The summed E-state index contributed by atoms with van der Waals surface area (Å²) in [7, 11) is 0. The molecule has 0 aromatic rings. The summed E-state index contributed by atoms with van der Waals surface area (Å²) in [5.74, 6) is 1.02. The molecule has 0 radical (unpaired) electrons. The Morgan fingerprint density at radius 2 is 0.760 bits per heavy atom. The second kappa shape index (κ2) is 22.0. The molecule has 0 aromatic carbocycles. The fraction of sp³-hybridized carbons (Fsp3) is 1.00. The molecule has 0 heterocycles. The molecule has 0 aliphatic rings. The largest absolute Gasteiger partial charge is 0.330 e. The van der Waals surface area contributed by atoms with E-state index in [1.54, 1.807) is 0 Å². The van der Waals surface area contributed by atoms with Crippen molar-refractivity contribution in [1.82, 2.24) is 0 Å². The summed E-state index contributed by atoms with van der Waals surface area (Å²) in [6, 6.07) is 0. The predicted octanol–water partition coefficient (Wildman–Crippen LogP) is 8.40. The second-order valence-corrected chi connectivity index (χ2v) is 8.32. The Morgan fingerprint density at radius 1 is 0.440 bits per heavy atom. The summed E-state index contributed by atoms with van der Waals surface area (Å²) < 4.78 is 0. The molecule has 0 amide bonds. The lowest BCUT2D eigenvalue weighted by Crippen LogP contribution is -1.99. The van der Waals surface area contributed by atoms with Gasteiger partial charge in [-0.2, -0.15) is 0 Å². The SMILES string of the molecule is CCCC(CCC)CCCCCCCCCCCCCCCCCN. The van der Waals surface area contributed by atoms with Gasteiger partial charge in [0.1, 0.15) is 0 Å². The molecule has 0 bridgehead atoms. The van der Waals surface area contributed by atoms with Gasteiger partial charge >= 0.3 is 0 Å². The number of hydrogen-bond acceptors (Lipinski definition) is 1. The maximum atomic E-state index is 5.52. The molecule has 0 aromatic heterocycles. The van der Waals surface area contributed by atoms with Crippen LogP contribution in [0.3, 0.4) is 0 Å². The second-order valence-electron chi connectivity index (χ2n) is 8.32. The summed E-state index contributed by atoms with van der Waals surface area (Å²) in [5, 5.41) is 0. The van der Waals surface area contributed by atoms with Gasteiger partial charge in [0, 0.05) is 0 Å². The van der Waals surface area contributed by atoms with Crippen LogP contribution in [-0.4, -0.2) is 6.54 Å². The molecule has 1 nitrogen and oxygen atoms in total. The monoisotopic (exact) mass is 353 g/mol. The highest BCUT2D eigenvalue weighted by atomic mass is 14.5. The van der Waals surface area contributed by atoms with Gasteiger partial charge < -0.3 is 5.73 Å². The van der Waals surface area contributed by atoms with Crippen LogP contribution in [0.5, 0.6) is 0 Å². The smallest absolute Gasteiger partial charge is 0.00773 e. The Labute approximate surface area is 160 Å². The van der Waals surface area contributed by atoms with Crippen LogP contribution < -0.4 is 5.73 Å². The van der Waals surface area contributed by atoms with E-state index in [2.05, 4.69) is 13.8 Å². The van der Waals surface area contributed by atoms with Crippen molar-refractivity contribution in [2.24, 2.45) is 11.7 Å². The van der Waals surface area contributed by atoms with E-state index in [0.717, 1.165) is 12.5 Å². The Kier molecular flexibility index (Phi) is 22.0. The third-order valence-corrected chi connectivity index (χ3v) is 5.71. The fourth-order valence-corrected chi connectivity index (χ4v) is 4.12. The molecule has 25 heavy (non-hydrogen) atoms. The molecule has 0 aliphatic carbocycles. The van der Waals surface area contributed by atoms with Crippen LogP contribution in [0, 0.1) is 5.92 Å². The minimum absolute atomic E-state index is 0.873. The first-order valence-corrected chi connectivity index (χ1v) is 12.0. The molecule has 1 heteroatoms. The third-order valence-electron chi connectivity index (χ3n) is 5.71. The lowest BCUT2D eigenvalue weighted by molar-refractivity contribution is 0.390. The quantitative estimate of drug-likeness (QED) is 0.206. The van der Waals surface area contributed by atoms with Gasteiger partial charge in [-0.3, -0.25) is 0 Å². The third kappa shape index (κ3) is 20.1. The lowest BCUT2D eigenvalue weighted by atomic mass is 9.92. The van der Waals surface area contributed by atoms with E-state index < -0.39 is 0 Å². The first-order chi connectivity index (χ1) is 12.3. The summed E-state index contributed by atoms with van der Waals surface area (Å²) >= 11 is 0. The molecule has 2 N–H and O–H groups in total. The average molecular weight is 354 g/mol. The van der Waals surface area contributed by atoms with Crippen molar-refractivity contribution in [2.45, 2.75) is 142 Å². The zero-order valence-corrected chi connectivity index (χ0v) is 18.0. The van der Waals surface area contributed by atoms with Crippen LogP contribution in [0.4, 0.5) is 0 Å². The topological polar surface area (TPSA) is 26.0 Å². The predicted molar refractivity (Wildman–Crippen MR) is 116 cm³/mol. The molecule has 152 valence electrons. The number of rotatable bonds is 21. The van der Waals surface area contributed by atoms with Crippen molar-refractivity contribution in [1.29, 1.82) is 0 Å². The zero-order chi connectivity index (χ0) is 18.4. The van der Waals surface area contributed by atoms with Crippen LogP contribution in [0.1, 0.15) is 142 Å². The van der Waals surface area contributed by atoms with Crippen LogP contribution >= 0.6 is 0 Å². The van der Waals surface area contributed by atoms with Crippen molar-refractivity contribution in [3.63, 3.8) is 0 Å². The molecule has 0 unspecified atom stereocenters. The fourth-order valence-electron chi connectivity index (χ4n) is 4.12. The highest BCUT2D eigenvalue weighted by molar-refractivity contribution is 4.59. The molecule has 0 atom stereocenters. The van der Waals surface area contributed by atoms with Crippen molar-refractivity contribution in [3.8, 4) is 0 Å². The molecule has 0 saturated carbocycles. The summed E-state index contributed by atoms with van der Waals surface area (Å²) in [4.78, 5) is 0. The van der Waals surface area contributed by atoms with Crippen LogP contribution in [0.15, 0.2) is 0 Å². The molecule has 0 fully saturated rings. The first-order valence-electron chi connectivity index (χ1n) is 12.0. The van der Waals surface area contributed by atoms with Gasteiger partial charge in [0.2, 0.25) is 0 Å². The minimum Gasteiger partial charge on any atom is -0.330 e. The average Bonchev–Trinajstić information content (AvgIpc) is 2.61. The van der Waals surface area contributed by atoms with E-state index in [-0.39, 0.29) is 0 Å². The highest BCUT2D eigenvalue weighted by Gasteiger charge is 2.05. The molecular weight excluding hydrogens is 302 g/mol. The number of unbranched alkanes of at least 4 members (excludes halogenated alkanes) is 14. The van der Waals surface area contributed by atoms with Gasteiger partial charge in [-0.05, 0) is 18.9 Å². The highest BCUT2D eigenvalue weighted by Crippen LogP contribution is 2.21. The summed E-state index contributed by atoms with van der Waals surface area (Å²) in [5.41, 5.74) is 5.52.